The van der Waals surface area contributed by atoms with E-state index >= 15 is 0 Å². The highest BCUT2D eigenvalue weighted by Gasteiger charge is 2.34. The molecule has 6 nitrogen and oxygen atoms in total. The number of benzene rings is 1. The average molecular weight is 331 g/mol. The maximum absolute atomic E-state index is 12.9. The minimum atomic E-state index is -0.519. The highest BCUT2D eigenvalue weighted by Crippen LogP contribution is 2.20. The molecule has 1 fully saturated rings. The number of aromatic nitrogens is 1. The molecule has 1 saturated heterocycles. The van der Waals surface area contributed by atoms with Gasteiger partial charge in [-0.1, -0.05) is 17.3 Å². The van der Waals surface area contributed by atoms with Crippen molar-refractivity contribution in [3.63, 3.8) is 0 Å². The molecule has 1 aromatic carbocycles. The van der Waals surface area contributed by atoms with E-state index in [-0.39, 0.29) is 24.1 Å². The van der Waals surface area contributed by atoms with E-state index in [1.165, 1.54) is 12.1 Å². The minimum absolute atomic E-state index is 0.143. The van der Waals surface area contributed by atoms with E-state index in [9.17, 15) is 14.0 Å². The molecule has 0 aliphatic carbocycles. The number of carbonyl (C=O) groups is 2. The zero-order valence-corrected chi connectivity index (χ0v) is 13.3. The van der Waals surface area contributed by atoms with Crippen LogP contribution in [0, 0.1) is 12.7 Å². The lowest BCUT2D eigenvalue weighted by molar-refractivity contribution is -0.136. The van der Waals surface area contributed by atoms with E-state index in [2.05, 4.69) is 10.5 Å². The molecule has 1 aliphatic rings. The highest BCUT2D eigenvalue weighted by atomic mass is 19.1. The molecule has 1 aliphatic heterocycles. The van der Waals surface area contributed by atoms with Crippen LogP contribution in [0.2, 0.25) is 0 Å². The van der Waals surface area contributed by atoms with Crippen LogP contribution < -0.4 is 5.32 Å². The van der Waals surface area contributed by atoms with Crippen LogP contribution >= 0.6 is 0 Å². The van der Waals surface area contributed by atoms with Crippen molar-refractivity contribution in [3.05, 3.63) is 47.5 Å². The fourth-order valence-corrected chi connectivity index (χ4v) is 2.85. The summed E-state index contributed by atoms with van der Waals surface area (Å²) in [7, 11) is 0. The van der Waals surface area contributed by atoms with Gasteiger partial charge in [0.05, 0.1) is 6.42 Å². The normalized spacial score (nSPS) is 17.1. The molecule has 1 N–H and O–H groups in total. The van der Waals surface area contributed by atoms with E-state index in [1.54, 1.807) is 30.0 Å². The second-order valence-electron chi connectivity index (χ2n) is 5.86. The SMILES string of the molecule is Cc1cc(NC(=O)[C@@H]2CCCN2C(=O)Cc2ccc(F)cc2)no1. The molecule has 2 amide bonds. The Morgan fingerprint density at radius 1 is 1.38 bits per heavy atom. The number of hydrogen-bond acceptors (Lipinski definition) is 4. The summed E-state index contributed by atoms with van der Waals surface area (Å²) in [5.41, 5.74) is 0.722. The first-order valence-electron chi connectivity index (χ1n) is 7.81. The quantitative estimate of drug-likeness (QED) is 0.933. The molecule has 3 rings (SSSR count). The molecule has 0 unspecified atom stereocenters. The Morgan fingerprint density at radius 2 is 2.12 bits per heavy atom. The van der Waals surface area contributed by atoms with Gasteiger partial charge in [-0.15, -0.1) is 0 Å². The van der Waals surface area contributed by atoms with Crippen LogP contribution in [-0.4, -0.2) is 34.5 Å². The lowest BCUT2D eigenvalue weighted by Crippen LogP contribution is -2.43. The molecule has 126 valence electrons. The van der Waals surface area contributed by atoms with Gasteiger partial charge in [-0.2, -0.15) is 0 Å². The fourth-order valence-electron chi connectivity index (χ4n) is 2.85. The van der Waals surface area contributed by atoms with Crippen LogP contribution in [0.15, 0.2) is 34.9 Å². The van der Waals surface area contributed by atoms with Gasteiger partial charge in [0, 0.05) is 12.6 Å². The Kier molecular flexibility index (Phi) is 4.59. The zero-order chi connectivity index (χ0) is 17.1. The summed E-state index contributed by atoms with van der Waals surface area (Å²) in [5.74, 6) is 0.188. The number of rotatable bonds is 4. The van der Waals surface area contributed by atoms with Crippen molar-refractivity contribution >= 4 is 17.6 Å². The molecule has 1 atom stereocenters. The van der Waals surface area contributed by atoms with Gasteiger partial charge in [-0.3, -0.25) is 9.59 Å². The molecule has 2 aromatic rings. The molecule has 1 aromatic heterocycles. The van der Waals surface area contributed by atoms with Gasteiger partial charge < -0.3 is 14.7 Å². The molecule has 24 heavy (non-hydrogen) atoms. The van der Waals surface area contributed by atoms with E-state index in [4.69, 9.17) is 4.52 Å². The van der Waals surface area contributed by atoms with Crippen molar-refractivity contribution in [3.8, 4) is 0 Å². The van der Waals surface area contributed by atoms with E-state index in [0.717, 1.165) is 12.0 Å². The standard InChI is InChI=1S/C17H18FN3O3/c1-11-9-15(20-24-11)19-17(23)14-3-2-8-21(14)16(22)10-12-4-6-13(18)7-5-12/h4-7,9,14H,2-3,8,10H2,1H3,(H,19,20,23)/t14-/m0/s1. The molecule has 0 saturated carbocycles. The van der Waals surface area contributed by atoms with Crippen LogP contribution in [-0.2, 0) is 16.0 Å². The third-order valence-electron chi connectivity index (χ3n) is 4.02. The predicted octanol–water partition coefficient (Wildman–Crippen LogP) is 2.29. The van der Waals surface area contributed by atoms with Crippen LogP contribution in [0.3, 0.4) is 0 Å². The van der Waals surface area contributed by atoms with Crippen LogP contribution in [0.5, 0.6) is 0 Å². The third kappa shape index (κ3) is 3.61. The maximum Gasteiger partial charge on any atom is 0.248 e. The number of likely N-dealkylation sites (tertiary alicyclic amines) is 1. The Balaban J connectivity index is 1.64. The summed E-state index contributed by atoms with van der Waals surface area (Å²) >= 11 is 0. The number of halogens is 1. The fraction of sp³-hybridized carbons (Fsp3) is 0.353. The molecular weight excluding hydrogens is 313 g/mol. The number of hydrogen-bond donors (Lipinski definition) is 1. The van der Waals surface area contributed by atoms with Gasteiger partial charge in [0.25, 0.3) is 0 Å². The monoisotopic (exact) mass is 331 g/mol. The number of carbonyl (C=O) groups excluding carboxylic acids is 2. The lowest BCUT2D eigenvalue weighted by atomic mass is 10.1. The van der Waals surface area contributed by atoms with Gasteiger partial charge in [-0.05, 0) is 37.5 Å². The molecule has 7 heteroatoms. The zero-order valence-electron chi connectivity index (χ0n) is 13.3. The average Bonchev–Trinajstić information content (AvgIpc) is 3.18. The van der Waals surface area contributed by atoms with E-state index in [1.807, 2.05) is 0 Å². The number of amides is 2. The Labute approximate surface area is 138 Å². The highest BCUT2D eigenvalue weighted by molar-refractivity contribution is 5.97. The number of nitrogens with zero attached hydrogens (tertiary/aromatic N) is 2. The van der Waals surface area contributed by atoms with Crippen molar-refractivity contribution in [2.24, 2.45) is 0 Å². The van der Waals surface area contributed by atoms with Crippen molar-refractivity contribution in [2.45, 2.75) is 32.2 Å². The van der Waals surface area contributed by atoms with E-state index < -0.39 is 6.04 Å². The van der Waals surface area contributed by atoms with Gasteiger partial charge >= 0.3 is 0 Å². The third-order valence-corrected chi connectivity index (χ3v) is 4.02. The minimum Gasteiger partial charge on any atom is -0.360 e. The largest absolute Gasteiger partial charge is 0.360 e. The summed E-state index contributed by atoms with van der Waals surface area (Å²) < 4.78 is 17.9. The first-order chi connectivity index (χ1) is 11.5. The number of aryl methyl sites for hydroxylation is 1. The van der Waals surface area contributed by atoms with E-state index in [0.29, 0.717) is 24.5 Å². The van der Waals surface area contributed by atoms with Gasteiger partial charge in [-0.25, -0.2) is 4.39 Å². The summed E-state index contributed by atoms with van der Waals surface area (Å²) in [6.45, 7) is 2.27. The predicted molar refractivity (Wildman–Crippen MR) is 84.7 cm³/mol. The van der Waals surface area contributed by atoms with Crippen molar-refractivity contribution < 1.29 is 18.5 Å². The first kappa shape index (κ1) is 16.2. The first-order valence-corrected chi connectivity index (χ1v) is 7.81. The second-order valence-corrected chi connectivity index (χ2v) is 5.86. The van der Waals surface area contributed by atoms with Crippen molar-refractivity contribution in [1.82, 2.24) is 10.1 Å². The van der Waals surface area contributed by atoms with Gasteiger partial charge in [0.2, 0.25) is 11.8 Å². The number of nitrogens with one attached hydrogen (secondary N) is 1. The lowest BCUT2D eigenvalue weighted by Gasteiger charge is -2.23. The second kappa shape index (κ2) is 6.82. The number of anilines is 1. The summed E-state index contributed by atoms with van der Waals surface area (Å²) in [4.78, 5) is 26.5. The van der Waals surface area contributed by atoms with Gasteiger partial charge in [0.1, 0.15) is 17.6 Å². The van der Waals surface area contributed by atoms with Crippen molar-refractivity contribution in [2.75, 3.05) is 11.9 Å². The molecule has 2 heterocycles. The Morgan fingerprint density at radius 3 is 2.79 bits per heavy atom. The molecule has 0 bridgehead atoms. The topological polar surface area (TPSA) is 75.4 Å². The van der Waals surface area contributed by atoms with Crippen LogP contribution in [0.25, 0.3) is 0 Å². The van der Waals surface area contributed by atoms with Crippen LogP contribution in [0.1, 0.15) is 24.2 Å². The Bertz CT molecular complexity index is 742. The summed E-state index contributed by atoms with van der Waals surface area (Å²) in [6, 6.07) is 6.91. The molecular formula is C17H18FN3O3. The van der Waals surface area contributed by atoms with Crippen LogP contribution in [0.4, 0.5) is 10.2 Å². The summed E-state index contributed by atoms with van der Waals surface area (Å²) in [6.07, 6.45) is 1.52. The summed E-state index contributed by atoms with van der Waals surface area (Å²) in [5, 5.41) is 6.40. The smallest absolute Gasteiger partial charge is 0.248 e. The molecule has 0 spiro atoms. The van der Waals surface area contributed by atoms with Crippen molar-refractivity contribution in [1.29, 1.82) is 0 Å². The maximum atomic E-state index is 12.9. The molecule has 0 radical (unpaired) electrons. The van der Waals surface area contributed by atoms with Gasteiger partial charge in [0.15, 0.2) is 5.82 Å². The Hall–Kier alpha value is -2.70.